The lowest BCUT2D eigenvalue weighted by Gasteiger charge is -2.47. The number of fused-ring (bicyclic) bond motifs is 2. The van der Waals surface area contributed by atoms with Gasteiger partial charge in [-0.2, -0.15) is 0 Å². The van der Waals surface area contributed by atoms with Gasteiger partial charge in [0.25, 0.3) is 0 Å². The van der Waals surface area contributed by atoms with Crippen LogP contribution in [0.4, 0.5) is 10.5 Å². The first-order valence-corrected chi connectivity index (χ1v) is 9.10. The molecule has 3 fully saturated rings. The van der Waals surface area contributed by atoms with Gasteiger partial charge in [-0.3, -0.25) is 9.59 Å². The monoisotopic (exact) mass is 346 g/mol. The Kier molecular flexibility index (Phi) is 3.84. The van der Waals surface area contributed by atoms with E-state index in [0.717, 1.165) is 0 Å². The predicted molar refractivity (Wildman–Crippen MR) is 90.5 cm³/mol. The van der Waals surface area contributed by atoms with Crippen LogP contribution in [-0.2, 0) is 9.59 Å². The van der Waals surface area contributed by atoms with Crippen molar-refractivity contribution in [3.63, 3.8) is 0 Å². The van der Waals surface area contributed by atoms with Crippen LogP contribution in [0, 0.1) is 0 Å². The minimum atomic E-state index is -0.553. The molecule has 1 aromatic carbocycles. The summed E-state index contributed by atoms with van der Waals surface area (Å²) < 4.78 is 0. The van der Waals surface area contributed by atoms with E-state index < -0.39 is 6.04 Å². The van der Waals surface area contributed by atoms with Gasteiger partial charge in [-0.1, -0.05) is 18.2 Å². The Labute approximate surface area is 144 Å². The van der Waals surface area contributed by atoms with Gasteiger partial charge in [0.05, 0.1) is 12.4 Å². The van der Waals surface area contributed by atoms with E-state index in [9.17, 15) is 14.4 Å². The van der Waals surface area contributed by atoms with Crippen LogP contribution < -0.4 is 5.32 Å². The van der Waals surface area contributed by atoms with Crippen molar-refractivity contribution in [3.8, 4) is 0 Å². The molecule has 3 heterocycles. The highest BCUT2D eigenvalue weighted by Gasteiger charge is 2.50. The van der Waals surface area contributed by atoms with Crippen LogP contribution >= 0.6 is 11.8 Å². The van der Waals surface area contributed by atoms with Crippen LogP contribution in [-0.4, -0.2) is 75.9 Å². The van der Waals surface area contributed by atoms with E-state index in [0.29, 0.717) is 30.4 Å². The second kappa shape index (κ2) is 6.01. The summed E-state index contributed by atoms with van der Waals surface area (Å²) in [4.78, 5) is 42.6. The maximum atomic E-state index is 12.7. The number of benzene rings is 1. The number of carbonyl (C=O) groups is 3. The molecular weight excluding hydrogens is 328 g/mol. The quantitative estimate of drug-likeness (QED) is 0.810. The van der Waals surface area contributed by atoms with Gasteiger partial charge in [0.15, 0.2) is 0 Å². The lowest BCUT2D eigenvalue weighted by atomic mass is 10.0. The number of hydrogen-bond donors (Lipinski definition) is 1. The fraction of sp³-hybridized carbons (Fsp3) is 0.438. The zero-order chi connectivity index (χ0) is 16.7. The molecule has 3 aliphatic heterocycles. The molecule has 0 bridgehead atoms. The van der Waals surface area contributed by atoms with Crippen LogP contribution in [0.25, 0.3) is 0 Å². The zero-order valence-corrected chi connectivity index (χ0v) is 13.9. The van der Waals surface area contributed by atoms with E-state index in [1.165, 1.54) is 0 Å². The molecule has 4 rings (SSSR count). The summed E-state index contributed by atoms with van der Waals surface area (Å²) in [5, 5.41) is 2.83. The molecule has 2 atom stereocenters. The Morgan fingerprint density at radius 3 is 2.58 bits per heavy atom. The van der Waals surface area contributed by atoms with Crippen LogP contribution in [0.5, 0.6) is 0 Å². The van der Waals surface area contributed by atoms with Crippen LogP contribution in [0.15, 0.2) is 30.3 Å². The van der Waals surface area contributed by atoms with Gasteiger partial charge in [0, 0.05) is 24.5 Å². The molecule has 4 amide bonds. The highest BCUT2D eigenvalue weighted by atomic mass is 32.2. The van der Waals surface area contributed by atoms with Crippen molar-refractivity contribution in [2.45, 2.75) is 12.1 Å². The van der Waals surface area contributed by atoms with E-state index >= 15 is 0 Å². The van der Waals surface area contributed by atoms with E-state index in [2.05, 4.69) is 5.32 Å². The molecule has 0 aliphatic carbocycles. The van der Waals surface area contributed by atoms with E-state index in [1.807, 2.05) is 30.3 Å². The van der Waals surface area contributed by atoms with E-state index in [4.69, 9.17) is 0 Å². The topological polar surface area (TPSA) is 73.0 Å². The van der Waals surface area contributed by atoms with Gasteiger partial charge in [0.1, 0.15) is 12.1 Å². The number of amides is 4. The highest BCUT2D eigenvalue weighted by molar-refractivity contribution is 7.99. The minimum Gasteiger partial charge on any atom is -0.325 e. The van der Waals surface area contributed by atoms with Gasteiger partial charge in [-0.05, 0) is 12.1 Å². The molecular formula is C16H18N4O3S. The van der Waals surface area contributed by atoms with Crippen molar-refractivity contribution in [1.82, 2.24) is 14.7 Å². The SMILES string of the molecule is O=C(Nc1ccccc1)N1CCN2C(=O)[C@@H]3CSCN3C(=O)[C@H]2C1. The average Bonchev–Trinajstić information content (AvgIpc) is 3.10. The summed E-state index contributed by atoms with van der Waals surface area (Å²) in [5.41, 5.74) is 0.715. The predicted octanol–water partition coefficient (Wildman–Crippen LogP) is 0.646. The van der Waals surface area contributed by atoms with Gasteiger partial charge in [-0.15, -0.1) is 11.8 Å². The van der Waals surface area contributed by atoms with Gasteiger partial charge in [0.2, 0.25) is 11.8 Å². The molecule has 126 valence electrons. The second-order valence-corrected chi connectivity index (χ2v) is 7.11. The number of urea groups is 1. The van der Waals surface area contributed by atoms with Crippen molar-refractivity contribution in [2.75, 3.05) is 36.6 Å². The molecule has 7 nitrogen and oxygen atoms in total. The fourth-order valence-corrected chi connectivity index (χ4v) is 4.57. The third kappa shape index (κ3) is 2.50. The number of hydrogen-bond acceptors (Lipinski definition) is 4. The normalized spacial score (nSPS) is 26.2. The summed E-state index contributed by atoms with van der Waals surface area (Å²) in [6, 6.07) is 8.10. The maximum absolute atomic E-state index is 12.7. The van der Waals surface area contributed by atoms with Gasteiger partial charge < -0.3 is 20.0 Å². The number of rotatable bonds is 1. The Hall–Kier alpha value is -2.22. The summed E-state index contributed by atoms with van der Waals surface area (Å²) in [6.07, 6.45) is 0. The molecule has 0 radical (unpaired) electrons. The Bertz CT molecular complexity index is 683. The minimum absolute atomic E-state index is 0.0210. The third-order valence-electron chi connectivity index (χ3n) is 4.71. The number of piperazine rings is 2. The van der Waals surface area contributed by atoms with Crippen LogP contribution in [0.2, 0.25) is 0 Å². The number of nitrogens with one attached hydrogen (secondary N) is 1. The lowest BCUT2D eigenvalue weighted by Crippen LogP contribution is -2.69. The molecule has 0 saturated carbocycles. The summed E-state index contributed by atoms with van der Waals surface area (Å²) in [6.45, 7) is 1.09. The molecule has 1 N–H and O–H groups in total. The Balaban J connectivity index is 1.47. The summed E-state index contributed by atoms with van der Waals surface area (Å²) >= 11 is 1.61. The maximum Gasteiger partial charge on any atom is 0.321 e. The van der Waals surface area contributed by atoms with Crippen molar-refractivity contribution in [3.05, 3.63) is 30.3 Å². The second-order valence-electron chi connectivity index (χ2n) is 6.11. The van der Waals surface area contributed by atoms with Crippen LogP contribution in [0.1, 0.15) is 0 Å². The largest absolute Gasteiger partial charge is 0.325 e. The molecule has 3 aliphatic rings. The van der Waals surface area contributed by atoms with Crippen molar-refractivity contribution in [2.24, 2.45) is 0 Å². The van der Waals surface area contributed by atoms with Crippen molar-refractivity contribution < 1.29 is 14.4 Å². The van der Waals surface area contributed by atoms with Crippen LogP contribution in [0.3, 0.4) is 0 Å². The molecule has 0 aromatic heterocycles. The number of carbonyl (C=O) groups excluding carboxylic acids is 3. The fourth-order valence-electron chi connectivity index (χ4n) is 3.41. The standard InChI is InChI=1S/C16H18N4O3S/c21-14-12-8-18(16(23)17-11-4-2-1-3-5-11)6-7-19(12)15(22)13-9-24-10-20(13)14/h1-5,12-13H,6-10H2,(H,17,23)/t12-,13+/m1/s1. The average molecular weight is 346 g/mol. The summed E-state index contributed by atoms with van der Waals surface area (Å²) in [5.74, 6) is 1.22. The highest BCUT2D eigenvalue weighted by Crippen LogP contribution is 2.30. The number of para-hydroxylation sites is 1. The number of nitrogens with zero attached hydrogens (tertiary/aromatic N) is 3. The lowest BCUT2D eigenvalue weighted by molar-refractivity contribution is -0.161. The molecule has 24 heavy (non-hydrogen) atoms. The van der Waals surface area contributed by atoms with Gasteiger partial charge >= 0.3 is 6.03 Å². The molecule has 0 unspecified atom stereocenters. The molecule has 3 saturated heterocycles. The van der Waals surface area contributed by atoms with Crippen molar-refractivity contribution >= 4 is 35.3 Å². The number of anilines is 1. The first-order valence-electron chi connectivity index (χ1n) is 7.95. The first-order chi connectivity index (χ1) is 11.6. The van der Waals surface area contributed by atoms with Gasteiger partial charge in [-0.25, -0.2) is 4.79 Å². The first kappa shape index (κ1) is 15.3. The van der Waals surface area contributed by atoms with E-state index in [-0.39, 0.29) is 30.4 Å². The molecule has 0 spiro atoms. The van der Waals surface area contributed by atoms with Crippen molar-refractivity contribution in [1.29, 1.82) is 0 Å². The molecule has 1 aromatic rings. The van der Waals surface area contributed by atoms with E-state index in [1.54, 1.807) is 26.5 Å². The molecule has 8 heteroatoms. The zero-order valence-electron chi connectivity index (χ0n) is 13.1. The Morgan fingerprint density at radius 1 is 1.04 bits per heavy atom. The Morgan fingerprint density at radius 2 is 1.79 bits per heavy atom. The third-order valence-corrected chi connectivity index (χ3v) is 5.72. The smallest absolute Gasteiger partial charge is 0.321 e. The number of thioether (sulfide) groups is 1. The summed E-state index contributed by atoms with van der Waals surface area (Å²) in [7, 11) is 0.